The van der Waals surface area contributed by atoms with Gasteiger partial charge in [0.05, 0.1) is 22.4 Å². The van der Waals surface area contributed by atoms with Gasteiger partial charge in [-0.3, -0.25) is 14.5 Å². The number of alkyl halides is 3. The van der Waals surface area contributed by atoms with Gasteiger partial charge in [0.1, 0.15) is 5.69 Å². The van der Waals surface area contributed by atoms with Crippen LogP contribution in [0.2, 0.25) is 0 Å². The van der Waals surface area contributed by atoms with Crippen LogP contribution in [0.4, 0.5) is 13.2 Å². The van der Waals surface area contributed by atoms with Gasteiger partial charge < -0.3 is 9.47 Å². The number of amides is 1. The van der Waals surface area contributed by atoms with E-state index in [1.165, 1.54) is 16.8 Å². The molecule has 0 radical (unpaired) electrons. The zero-order valence-electron chi connectivity index (χ0n) is 19.6. The molecule has 1 saturated heterocycles. The van der Waals surface area contributed by atoms with Crippen molar-refractivity contribution in [3.8, 4) is 16.9 Å². The number of piperazine rings is 1. The zero-order valence-corrected chi connectivity index (χ0v) is 19.6. The highest BCUT2D eigenvalue weighted by molar-refractivity contribution is 6.00. The number of benzene rings is 2. The van der Waals surface area contributed by atoms with Gasteiger partial charge >= 0.3 is 6.18 Å². The van der Waals surface area contributed by atoms with Crippen molar-refractivity contribution in [3.05, 3.63) is 94.0 Å². The van der Waals surface area contributed by atoms with Gasteiger partial charge in [0.25, 0.3) is 11.5 Å². The molecule has 3 aliphatic heterocycles. The first-order valence-electron chi connectivity index (χ1n) is 11.5. The molecular weight excluding hydrogens is 471 g/mol. The molecule has 2 aromatic rings. The van der Waals surface area contributed by atoms with Crippen LogP contribution in [0.15, 0.2) is 71.8 Å². The first-order valence-corrected chi connectivity index (χ1v) is 11.5. The molecule has 0 atom stereocenters. The molecular formula is C26H24F3N5O2. The average Bonchev–Trinajstić information content (AvgIpc) is 3.20. The summed E-state index contributed by atoms with van der Waals surface area (Å²) in [6.07, 6.45) is -1.00. The van der Waals surface area contributed by atoms with Gasteiger partial charge in [-0.15, -0.1) is 0 Å². The fourth-order valence-corrected chi connectivity index (χ4v) is 4.47. The SMILES string of the molecule is Cn1cc(C(=O)N2CCN(Cc3ccc(C(F)(F)F)cc3)CC2)c2nn(-c3ccccc3)c(=O)c-2c1. The Balaban J connectivity index is 1.31. The summed E-state index contributed by atoms with van der Waals surface area (Å²) in [5.74, 6) is -0.205. The summed E-state index contributed by atoms with van der Waals surface area (Å²) in [6.45, 7) is 2.60. The van der Waals surface area contributed by atoms with E-state index >= 15 is 0 Å². The maximum Gasteiger partial charge on any atom is 0.416 e. The predicted molar refractivity (Wildman–Crippen MR) is 128 cm³/mol. The van der Waals surface area contributed by atoms with Crippen molar-refractivity contribution in [2.45, 2.75) is 12.7 Å². The molecule has 10 heteroatoms. The van der Waals surface area contributed by atoms with E-state index in [1.807, 2.05) is 18.2 Å². The van der Waals surface area contributed by atoms with Crippen molar-refractivity contribution >= 4 is 5.91 Å². The van der Waals surface area contributed by atoms with Gasteiger partial charge in [-0.25, -0.2) is 0 Å². The van der Waals surface area contributed by atoms with Gasteiger partial charge in [0.15, 0.2) is 0 Å². The number of carbonyl (C=O) groups is 1. The van der Waals surface area contributed by atoms with Crippen molar-refractivity contribution in [1.29, 1.82) is 0 Å². The number of carbonyl (C=O) groups excluding carboxylic acids is 1. The number of aryl methyl sites for hydroxylation is 1. The molecule has 3 heterocycles. The van der Waals surface area contributed by atoms with Crippen LogP contribution in [0.25, 0.3) is 16.9 Å². The van der Waals surface area contributed by atoms with Crippen LogP contribution in [-0.2, 0) is 19.8 Å². The van der Waals surface area contributed by atoms with Crippen molar-refractivity contribution in [1.82, 2.24) is 24.1 Å². The molecule has 1 fully saturated rings. The van der Waals surface area contributed by atoms with Crippen LogP contribution in [0, 0.1) is 0 Å². The van der Waals surface area contributed by atoms with Gasteiger partial charge in [-0.1, -0.05) is 30.3 Å². The maximum absolute atomic E-state index is 13.5. The first kappa shape index (κ1) is 23.8. The highest BCUT2D eigenvalue weighted by atomic mass is 19.4. The Morgan fingerprint density at radius 2 is 1.61 bits per heavy atom. The van der Waals surface area contributed by atoms with Crippen LogP contribution >= 0.6 is 0 Å². The standard InChI is InChI=1S/C26H24F3N5O2/c1-31-16-21(23-22(17-31)25(36)34(30-23)20-5-3-2-4-6-20)24(35)33-13-11-32(12-14-33)15-18-7-9-19(10-8-18)26(27,28)29/h2-10,16-17H,11-15H2,1H3. The number of hydrogen-bond acceptors (Lipinski definition) is 4. The quantitative estimate of drug-likeness (QED) is 0.434. The van der Waals surface area contributed by atoms with E-state index in [1.54, 1.807) is 41.0 Å². The summed E-state index contributed by atoms with van der Waals surface area (Å²) in [5.41, 5.74) is 1.54. The lowest BCUT2D eigenvalue weighted by molar-refractivity contribution is -0.137. The minimum Gasteiger partial charge on any atom is -0.356 e. The minimum atomic E-state index is -4.35. The number of para-hydroxylation sites is 1. The fourth-order valence-electron chi connectivity index (χ4n) is 4.47. The van der Waals surface area contributed by atoms with E-state index in [0.717, 1.165) is 17.7 Å². The van der Waals surface area contributed by atoms with E-state index in [0.29, 0.717) is 55.2 Å². The van der Waals surface area contributed by atoms with Crippen molar-refractivity contribution in [2.75, 3.05) is 26.2 Å². The number of fused-ring (bicyclic) bond motifs is 1. The molecule has 5 rings (SSSR count). The van der Waals surface area contributed by atoms with Gasteiger partial charge in [-0.2, -0.15) is 23.0 Å². The van der Waals surface area contributed by atoms with Crippen LogP contribution < -0.4 is 5.56 Å². The number of hydrogen-bond donors (Lipinski definition) is 0. The number of halogens is 3. The lowest BCUT2D eigenvalue weighted by Crippen LogP contribution is -2.48. The second-order valence-corrected chi connectivity index (χ2v) is 8.92. The third-order valence-corrected chi connectivity index (χ3v) is 6.38. The van der Waals surface area contributed by atoms with Crippen LogP contribution in [-0.4, -0.2) is 56.2 Å². The van der Waals surface area contributed by atoms with Crippen LogP contribution in [0.1, 0.15) is 21.5 Å². The highest BCUT2D eigenvalue weighted by Crippen LogP contribution is 2.29. The zero-order chi connectivity index (χ0) is 25.4. The van der Waals surface area contributed by atoms with Crippen LogP contribution in [0.3, 0.4) is 0 Å². The largest absolute Gasteiger partial charge is 0.416 e. The molecule has 0 bridgehead atoms. The monoisotopic (exact) mass is 495 g/mol. The molecule has 0 spiro atoms. The van der Waals surface area contributed by atoms with E-state index in [9.17, 15) is 22.8 Å². The molecule has 1 amide bonds. The molecule has 2 aromatic carbocycles. The number of rotatable bonds is 4. The fraction of sp³-hybridized carbons (Fsp3) is 0.269. The lowest BCUT2D eigenvalue weighted by atomic mass is 10.1. The Hall–Kier alpha value is -3.92. The number of nitrogens with zero attached hydrogens (tertiary/aromatic N) is 5. The second kappa shape index (κ2) is 9.27. The Morgan fingerprint density at radius 1 is 0.944 bits per heavy atom. The summed E-state index contributed by atoms with van der Waals surface area (Å²) >= 11 is 0. The maximum atomic E-state index is 13.5. The minimum absolute atomic E-state index is 0.205. The van der Waals surface area contributed by atoms with Crippen molar-refractivity contribution < 1.29 is 18.0 Å². The normalized spacial score (nSPS) is 14.9. The average molecular weight is 496 g/mol. The topological polar surface area (TPSA) is 63.4 Å². The van der Waals surface area contributed by atoms with Crippen LogP contribution in [0.5, 0.6) is 0 Å². The molecule has 0 aromatic heterocycles. The van der Waals surface area contributed by atoms with E-state index in [2.05, 4.69) is 10.00 Å². The van der Waals surface area contributed by atoms with Crippen molar-refractivity contribution in [2.24, 2.45) is 7.05 Å². The Morgan fingerprint density at radius 3 is 2.25 bits per heavy atom. The van der Waals surface area contributed by atoms with Gasteiger partial charge in [0, 0.05) is 52.2 Å². The third-order valence-electron chi connectivity index (χ3n) is 6.38. The Labute approximate surface area is 205 Å². The Bertz CT molecular complexity index is 1400. The van der Waals surface area contributed by atoms with Crippen molar-refractivity contribution in [3.63, 3.8) is 0 Å². The Kier molecular flexibility index (Phi) is 6.13. The summed E-state index contributed by atoms with van der Waals surface area (Å²) in [4.78, 5) is 30.3. The van der Waals surface area contributed by atoms with E-state index < -0.39 is 11.7 Å². The molecule has 0 saturated carbocycles. The molecule has 0 unspecified atom stereocenters. The molecule has 0 N–H and O–H groups in total. The molecule has 7 nitrogen and oxygen atoms in total. The number of pyridine rings is 1. The smallest absolute Gasteiger partial charge is 0.356 e. The third kappa shape index (κ3) is 4.64. The summed E-state index contributed by atoms with van der Waals surface area (Å²) < 4.78 is 41.4. The molecule has 0 aliphatic carbocycles. The lowest BCUT2D eigenvalue weighted by Gasteiger charge is -2.35. The van der Waals surface area contributed by atoms with Gasteiger partial charge in [-0.05, 0) is 29.8 Å². The van der Waals surface area contributed by atoms with E-state index in [-0.39, 0.29) is 11.5 Å². The summed E-state index contributed by atoms with van der Waals surface area (Å²) in [6, 6.07) is 14.2. The first-order chi connectivity index (χ1) is 17.2. The molecule has 36 heavy (non-hydrogen) atoms. The molecule has 3 aliphatic rings. The van der Waals surface area contributed by atoms with Gasteiger partial charge in [0.2, 0.25) is 0 Å². The highest BCUT2D eigenvalue weighted by Gasteiger charge is 2.31. The number of aromatic nitrogens is 3. The van der Waals surface area contributed by atoms with E-state index in [4.69, 9.17) is 0 Å². The summed E-state index contributed by atoms with van der Waals surface area (Å²) in [5, 5.41) is 4.49. The predicted octanol–water partition coefficient (Wildman–Crippen LogP) is 3.65. The summed E-state index contributed by atoms with van der Waals surface area (Å²) in [7, 11) is 1.76. The second-order valence-electron chi connectivity index (χ2n) is 8.92. The molecule has 186 valence electrons.